The number of rotatable bonds is 1. The quantitative estimate of drug-likeness (QED) is 0.645. The summed E-state index contributed by atoms with van der Waals surface area (Å²) in [5.74, 6) is 5.83. The van der Waals surface area contributed by atoms with E-state index in [2.05, 4.69) is 11.8 Å². The molecule has 68 valence electrons. The topological polar surface area (TPSA) is 29.3 Å². The highest BCUT2D eigenvalue weighted by Gasteiger charge is 1.93. The van der Waals surface area contributed by atoms with Crippen LogP contribution in [0.4, 0.5) is 5.69 Å². The van der Waals surface area contributed by atoms with Gasteiger partial charge in [-0.15, -0.1) is 0 Å². The Balaban J connectivity index is 2.92. The van der Waals surface area contributed by atoms with E-state index in [0.29, 0.717) is 6.54 Å². The summed E-state index contributed by atoms with van der Waals surface area (Å²) in [7, 11) is 4.02. The molecule has 0 saturated carbocycles. The molecule has 0 spiro atoms. The molecule has 2 heteroatoms. The van der Waals surface area contributed by atoms with Crippen LogP contribution in [0, 0.1) is 11.8 Å². The molecule has 0 unspecified atom stereocenters. The van der Waals surface area contributed by atoms with Crippen LogP contribution in [-0.4, -0.2) is 20.6 Å². The molecular weight excluding hydrogens is 160 g/mol. The zero-order valence-electron chi connectivity index (χ0n) is 8.04. The van der Waals surface area contributed by atoms with Crippen molar-refractivity contribution in [3.8, 4) is 11.8 Å². The lowest BCUT2D eigenvalue weighted by Crippen LogP contribution is -2.08. The Hall–Kier alpha value is -1.46. The summed E-state index contributed by atoms with van der Waals surface area (Å²) in [5, 5.41) is 0. The second-order valence-corrected chi connectivity index (χ2v) is 2.95. The third-order valence-electron chi connectivity index (χ3n) is 1.70. The van der Waals surface area contributed by atoms with Gasteiger partial charge in [-0.05, 0) is 18.2 Å². The highest BCUT2D eigenvalue weighted by Crippen LogP contribution is 2.12. The van der Waals surface area contributed by atoms with E-state index in [4.69, 9.17) is 5.73 Å². The van der Waals surface area contributed by atoms with Crippen molar-refractivity contribution in [1.29, 1.82) is 0 Å². The number of benzene rings is 1. The smallest absolute Gasteiger partial charge is 0.0555 e. The van der Waals surface area contributed by atoms with Crippen LogP contribution in [0.1, 0.15) is 5.56 Å². The maximum atomic E-state index is 5.29. The molecule has 1 aromatic carbocycles. The molecule has 0 heterocycles. The zero-order valence-corrected chi connectivity index (χ0v) is 8.04. The van der Waals surface area contributed by atoms with Crippen molar-refractivity contribution in [2.75, 3.05) is 25.5 Å². The number of hydrogen-bond acceptors (Lipinski definition) is 2. The molecule has 0 aliphatic heterocycles. The Morgan fingerprint density at radius 1 is 1.38 bits per heavy atom. The molecule has 0 saturated heterocycles. The highest BCUT2D eigenvalue weighted by molar-refractivity contribution is 5.51. The van der Waals surface area contributed by atoms with Crippen LogP contribution in [-0.2, 0) is 0 Å². The molecule has 0 aliphatic carbocycles. The van der Waals surface area contributed by atoms with Crippen molar-refractivity contribution in [2.24, 2.45) is 5.73 Å². The molecule has 0 aromatic heterocycles. The molecule has 0 atom stereocenters. The lowest BCUT2D eigenvalue weighted by molar-refractivity contribution is 1.13. The summed E-state index contributed by atoms with van der Waals surface area (Å²) in [6, 6.07) is 8.07. The summed E-state index contributed by atoms with van der Waals surface area (Å²) in [6.45, 7) is 0.409. The third kappa shape index (κ3) is 2.81. The molecule has 2 nitrogen and oxygen atoms in total. The van der Waals surface area contributed by atoms with Gasteiger partial charge in [0.15, 0.2) is 0 Å². The maximum Gasteiger partial charge on any atom is 0.0555 e. The van der Waals surface area contributed by atoms with E-state index in [0.717, 1.165) is 11.3 Å². The van der Waals surface area contributed by atoms with Crippen LogP contribution >= 0.6 is 0 Å². The number of nitrogens with zero attached hydrogens (tertiary/aromatic N) is 1. The molecule has 0 radical (unpaired) electrons. The van der Waals surface area contributed by atoms with E-state index in [9.17, 15) is 0 Å². The predicted octanol–water partition coefficient (Wildman–Crippen LogP) is 1.06. The Morgan fingerprint density at radius 2 is 2.15 bits per heavy atom. The van der Waals surface area contributed by atoms with Crippen LogP contribution < -0.4 is 10.6 Å². The van der Waals surface area contributed by atoms with Crippen molar-refractivity contribution >= 4 is 5.69 Å². The van der Waals surface area contributed by atoms with Crippen LogP contribution in [0.3, 0.4) is 0 Å². The van der Waals surface area contributed by atoms with Gasteiger partial charge >= 0.3 is 0 Å². The SMILES string of the molecule is CN(C)c1cccc(C#CCN)c1. The van der Waals surface area contributed by atoms with E-state index in [1.807, 2.05) is 43.3 Å². The molecule has 0 amide bonds. The van der Waals surface area contributed by atoms with Gasteiger partial charge < -0.3 is 10.6 Å². The van der Waals surface area contributed by atoms with Gasteiger partial charge in [0, 0.05) is 25.3 Å². The molecule has 1 rings (SSSR count). The second-order valence-electron chi connectivity index (χ2n) is 2.95. The van der Waals surface area contributed by atoms with Crippen LogP contribution in [0.15, 0.2) is 24.3 Å². The number of hydrogen-bond donors (Lipinski definition) is 1. The second kappa shape index (κ2) is 4.54. The van der Waals surface area contributed by atoms with E-state index in [-0.39, 0.29) is 0 Å². The van der Waals surface area contributed by atoms with Crippen molar-refractivity contribution in [3.63, 3.8) is 0 Å². The fourth-order valence-electron chi connectivity index (χ4n) is 1.01. The van der Waals surface area contributed by atoms with Gasteiger partial charge in [-0.1, -0.05) is 17.9 Å². The van der Waals surface area contributed by atoms with E-state index >= 15 is 0 Å². The first-order chi connectivity index (χ1) is 6.24. The Kier molecular flexibility index (Phi) is 3.36. The minimum Gasteiger partial charge on any atom is -0.378 e. The summed E-state index contributed by atoms with van der Waals surface area (Å²) < 4.78 is 0. The molecule has 2 N–H and O–H groups in total. The average Bonchev–Trinajstić information content (AvgIpc) is 2.15. The number of nitrogens with two attached hydrogens (primary N) is 1. The van der Waals surface area contributed by atoms with Crippen molar-refractivity contribution in [3.05, 3.63) is 29.8 Å². The van der Waals surface area contributed by atoms with E-state index < -0.39 is 0 Å². The largest absolute Gasteiger partial charge is 0.378 e. The first-order valence-corrected chi connectivity index (χ1v) is 4.20. The van der Waals surface area contributed by atoms with Gasteiger partial charge in [-0.2, -0.15) is 0 Å². The lowest BCUT2D eigenvalue weighted by Gasteiger charge is -2.11. The zero-order chi connectivity index (χ0) is 9.68. The van der Waals surface area contributed by atoms with Crippen LogP contribution in [0.25, 0.3) is 0 Å². The van der Waals surface area contributed by atoms with Gasteiger partial charge in [0.05, 0.1) is 6.54 Å². The highest BCUT2D eigenvalue weighted by atomic mass is 15.1. The van der Waals surface area contributed by atoms with Crippen LogP contribution in [0.5, 0.6) is 0 Å². The molecule has 1 aromatic rings. The molecular formula is C11H14N2. The number of anilines is 1. The summed E-state index contributed by atoms with van der Waals surface area (Å²) in [5.41, 5.74) is 7.46. The van der Waals surface area contributed by atoms with Crippen molar-refractivity contribution < 1.29 is 0 Å². The van der Waals surface area contributed by atoms with E-state index in [1.165, 1.54) is 0 Å². The monoisotopic (exact) mass is 174 g/mol. The molecule has 0 bridgehead atoms. The normalized spacial score (nSPS) is 8.85. The maximum absolute atomic E-state index is 5.29. The third-order valence-corrected chi connectivity index (χ3v) is 1.70. The Morgan fingerprint density at radius 3 is 2.77 bits per heavy atom. The predicted molar refractivity (Wildman–Crippen MR) is 56.7 cm³/mol. The summed E-state index contributed by atoms with van der Waals surface area (Å²) in [4.78, 5) is 2.05. The fraction of sp³-hybridized carbons (Fsp3) is 0.273. The van der Waals surface area contributed by atoms with Gasteiger partial charge in [0.2, 0.25) is 0 Å². The van der Waals surface area contributed by atoms with E-state index in [1.54, 1.807) is 0 Å². The minimum absolute atomic E-state index is 0.409. The molecule has 0 aliphatic rings. The lowest BCUT2D eigenvalue weighted by atomic mass is 10.2. The average molecular weight is 174 g/mol. The van der Waals surface area contributed by atoms with Crippen molar-refractivity contribution in [2.45, 2.75) is 0 Å². The Bertz CT molecular complexity index is 331. The Labute approximate surface area is 79.4 Å². The van der Waals surface area contributed by atoms with Gasteiger partial charge in [-0.3, -0.25) is 0 Å². The standard InChI is InChI=1S/C11H14N2/c1-13(2)11-7-3-5-10(9-11)6-4-8-12/h3,5,7,9H,8,12H2,1-2H3. The summed E-state index contributed by atoms with van der Waals surface area (Å²) >= 11 is 0. The van der Waals surface area contributed by atoms with Gasteiger partial charge in [0.25, 0.3) is 0 Å². The van der Waals surface area contributed by atoms with Crippen molar-refractivity contribution in [1.82, 2.24) is 0 Å². The fourth-order valence-corrected chi connectivity index (χ4v) is 1.01. The molecule has 13 heavy (non-hydrogen) atoms. The van der Waals surface area contributed by atoms with Crippen LogP contribution in [0.2, 0.25) is 0 Å². The first kappa shape index (κ1) is 9.63. The first-order valence-electron chi connectivity index (χ1n) is 4.20. The minimum atomic E-state index is 0.409. The van der Waals surface area contributed by atoms with Gasteiger partial charge in [0.1, 0.15) is 0 Å². The van der Waals surface area contributed by atoms with Gasteiger partial charge in [-0.25, -0.2) is 0 Å². The summed E-state index contributed by atoms with van der Waals surface area (Å²) in [6.07, 6.45) is 0. The molecule has 0 fully saturated rings.